The summed E-state index contributed by atoms with van der Waals surface area (Å²) in [7, 11) is -3.11. The molecule has 0 bridgehead atoms. The molecule has 0 saturated heterocycles. The maximum atomic E-state index is 13.1. The molecule has 0 radical (unpaired) electrons. The summed E-state index contributed by atoms with van der Waals surface area (Å²) in [6.45, 7) is 3.25. The smallest absolute Gasteiger partial charge is 0.416 e. The highest BCUT2D eigenvalue weighted by Gasteiger charge is 2.42. The minimum Gasteiger partial charge on any atom is -0.479 e. The molecule has 1 heterocycles. The zero-order valence-corrected chi connectivity index (χ0v) is 18.0. The minimum atomic E-state index is -4.61. The van der Waals surface area contributed by atoms with Crippen molar-refractivity contribution < 1.29 is 40.7 Å². The number of rotatable bonds is 5. The molecule has 1 aliphatic heterocycles. The molecule has 12 heteroatoms. The van der Waals surface area contributed by atoms with Gasteiger partial charge in [-0.3, -0.25) is 4.90 Å². The van der Waals surface area contributed by atoms with Gasteiger partial charge in [-0.2, -0.15) is 17.5 Å². The SMILES string of the molecule is CCOC(=O)[C@@H](C)Oc1ccc2c(c1)N(C)C(=O)N(c1ccc(C(F)(F)F)cc1)S2(=O)=O. The van der Waals surface area contributed by atoms with Crippen molar-refractivity contribution >= 4 is 33.4 Å². The average Bonchev–Trinajstić information content (AvgIpc) is 2.72. The van der Waals surface area contributed by atoms with E-state index < -0.39 is 39.9 Å². The van der Waals surface area contributed by atoms with Gasteiger partial charge in [-0.15, -0.1) is 0 Å². The number of hydrogen-bond acceptors (Lipinski definition) is 6. The van der Waals surface area contributed by atoms with E-state index in [1.807, 2.05) is 0 Å². The third-order valence-electron chi connectivity index (χ3n) is 4.63. The number of carbonyl (C=O) groups excluding carboxylic acids is 2. The van der Waals surface area contributed by atoms with Crippen LogP contribution in [0.3, 0.4) is 0 Å². The summed E-state index contributed by atoms with van der Waals surface area (Å²) in [5.41, 5.74) is -1.22. The molecule has 0 saturated carbocycles. The Morgan fingerprint density at radius 1 is 1.12 bits per heavy atom. The fourth-order valence-electron chi connectivity index (χ4n) is 3.04. The van der Waals surface area contributed by atoms with Gasteiger partial charge in [0.05, 0.1) is 23.5 Å². The number of sulfonamides is 1. The molecule has 0 fully saturated rings. The number of nitrogens with zero attached hydrogens (tertiary/aromatic N) is 2. The molecule has 8 nitrogen and oxygen atoms in total. The number of halogens is 3. The highest BCUT2D eigenvalue weighted by atomic mass is 32.2. The van der Waals surface area contributed by atoms with Crippen LogP contribution in [0.4, 0.5) is 29.3 Å². The lowest BCUT2D eigenvalue weighted by Crippen LogP contribution is -2.49. The Morgan fingerprint density at radius 2 is 1.75 bits per heavy atom. The van der Waals surface area contributed by atoms with E-state index in [1.54, 1.807) is 6.92 Å². The van der Waals surface area contributed by atoms with Gasteiger partial charge in [0.2, 0.25) is 0 Å². The molecule has 0 N–H and O–H groups in total. The van der Waals surface area contributed by atoms with Crippen LogP contribution < -0.4 is 13.9 Å². The van der Waals surface area contributed by atoms with Crippen molar-refractivity contribution in [1.29, 1.82) is 0 Å². The maximum Gasteiger partial charge on any atom is 0.416 e. The molecular weight excluding hydrogens is 453 g/mol. The summed E-state index contributed by atoms with van der Waals surface area (Å²) < 4.78 is 75.4. The van der Waals surface area contributed by atoms with Crippen LogP contribution >= 0.6 is 0 Å². The molecule has 0 unspecified atom stereocenters. The highest BCUT2D eigenvalue weighted by Crippen LogP contribution is 2.39. The normalized spacial score (nSPS) is 16.4. The van der Waals surface area contributed by atoms with Crippen molar-refractivity contribution in [3.63, 3.8) is 0 Å². The molecule has 1 aliphatic rings. The Labute approximate surface area is 182 Å². The number of urea groups is 1. The third kappa shape index (κ3) is 4.22. The number of alkyl halides is 3. The number of amides is 2. The van der Waals surface area contributed by atoms with Gasteiger partial charge in [-0.25, -0.2) is 18.0 Å². The molecule has 0 spiro atoms. The largest absolute Gasteiger partial charge is 0.479 e. The molecule has 0 aromatic heterocycles. The minimum absolute atomic E-state index is 0.00767. The molecule has 1 atom stereocenters. The second-order valence-electron chi connectivity index (χ2n) is 6.80. The first-order chi connectivity index (χ1) is 14.9. The number of carbonyl (C=O) groups is 2. The summed E-state index contributed by atoms with van der Waals surface area (Å²) in [4.78, 5) is 25.4. The fraction of sp³-hybridized carbons (Fsp3) is 0.300. The van der Waals surface area contributed by atoms with E-state index >= 15 is 0 Å². The fourth-order valence-corrected chi connectivity index (χ4v) is 4.66. The van der Waals surface area contributed by atoms with Crippen molar-refractivity contribution in [2.75, 3.05) is 22.9 Å². The number of fused-ring (bicyclic) bond motifs is 1. The summed E-state index contributed by atoms with van der Waals surface area (Å²) in [5.74, 6) is -0.488. The Balaban J connectivity index is 1.98. The zero-order valence-electron chi connectivity index (χ0n) is 17.2. The van der Waals surface area contributed by atoms with Crippen LogP contribution in [0.2, 0.25) is 0 Å². The highest BCUT2D eigenvalue weighted by molar-refractivity contribution is 7.94. The molecule has 172 valence electrons. The molecular formula is C20H19F3N2O6S. The van der Waals surface area contributed by atoms with Crippen molar-refractivity contribution in [2.24, 2.45) is 0 Å². The van der Waals surface area contributed by atoms with Gasteiger partial charge in [0.1, 0.15) is 10.6 Å². The van der Waals surface area contributed by atoms with Crippen molar-refractivity contribution in [3.05, 3.63) is 48.0 Å². The van der Waals surface area contributed by atoms with Gasteiger partial charge in [0, 0.05) is 13.1 Å². The quantitative estimate of drug-likeness (QED) is 0.615. The van der Waals surface area contributed by atoms with Crippen LogP contribution in [0.15, 0.2) is 47.4 Å². The standard InChI is InChI=1S/C20H19F3N2O6S/c1-4-30-18(26)12(2)31-15-9-10-17-16(11-15)24(3)19(27)25(32(17,28)29)14-7-5-13(6-8-14)20(21,22)23/h5-12H,4H2,1-3H3/t12-/m1/s1. The van der Waals surface area contributed by atoms with Gasteiger partial charge in [0.15, 0.2) is 6.10 Å². The molecule has 2 aromatic rings. The molecule has 2 aromatic carbocycles. The van der Waals surface area contributed by atoms with Gasteiger partial charge in [-0.1, -0.05) is 0 Å². The van der Waals surface area contributed by atoms with E-state index in [4.69, 9.17) is 9.47 Å². The molecule has 2 amide bonds. The summed E-state index contributed by atoms with van der Waals surface area (Å²) >= 11 is 0. The Kier molecular flexibility index (Phi) is 6.09. The zero-order chi connectivity index (χ0) is 23.8. The predicted molar refractivity (Wildman–Crippen MR) is 108 cm³/mol. The van der Waals surface area contributed by atoms with Crippen LogP contribution in [0.5, 0.6) is 5.75 Å². The van der Waals surface area contributed by atoms with E-state index in [0.29, 0.717) is 16.4 Å². The molecule has 0 aliphatic carbocycles. The Hall–Kier alpha value is -3.28. The van der Waals surface area contributed by atoms with E-state index in [2.05, 4.69) is 0 Å². The number of ether oxygens (including phenoxy) is 2. The number of benzene rings is 2. The number of anilines is 2. The van der Waals surface area contributed by atoms with Crippen LogP contribution in [0, 0.1) is 0 Å². The molecule has 3 rings (SSSR count). The Morgan fingerprint density at radius 3 is 2.31 bits per heavy atom. The summed E-state index contributed by atoms with van der Waals surface area (Å²) in [5, 5.41) is 0. The van der Waals surface area contributed by atoms with E-state index in [0.717, 1.165) is 17.0 Å². The maximum absolute atomic E-state index is 13.1. The molecule has 32 heavy (non-hydrogen) atoms. The topological polar surface area (TPSA) is 93.2 Å². The van der Waals surface area contributed by atoms with Crippen LogP contribution in [-0.4, -0.2) is 40.2 Å². The second kappa shape index (κ2) is 8.34. The van der Waals surface area contributed by atoms with Gasteiger partial charge in [0.25, 0.3) is 10.0 Å². The van der Waals surface area contributed by atoms with E-state index in [-0.39, 0.29) is 28.6 Å². The predicted octanol–water partition coefficient (Wildman–Crippen LogP) is 3.80. The third-order valence-corrected chi connectivity index (χ3v) is 6.38. The van der Waals surface area contributed by atoms with E-state index in [9.17, 15) is 31.2 Å². The van der Waals surface area contributed by atoms with Crippen molar-refractivity contribution in [3.8, 4) is 5.75 Å². The van der Waals surface area contributed by atoms with Gasteiger partial charge >= 0.3 is 18.2 Å². The monoisotopic (exact) mass is 472 g/mol. The number of hydrogen-bond donors (Lipinski definition) is 0. The first-order valence-electron chi connectivity index (χ1n) is 9.35. The first kappa shape index (κ1) is 23.4. The van der Waals surface area contributed by atoms with Crippen molar-refractivity contribution in [2.45, 2.75) is 31.0 Å². The second-order valence-corrected chi connectivity index (χ2v) is 8.55. The van der Waals surface area contributed by atoms with Crippen molar-refractivity contribution in [1.82, 2.24) is 0 Å². The van der Waals surface area contributed by atoms with Gasteiger partial charge in [-0.05, 0) is 50.2 Å². The summed E-state index contributed by atoms with van der Waals surface area (Å²) in [6, 6.07) is 6.00. The average molecular weight is 472 g/mol. The number of esters is 1. The van der Waals surface area contributed by atoms with Gasteiger partial charge < -0.3 is 9.47 Å². The lowest BCUT2D eigenvalue weighted by atomic mass is 10.2. The lowest BCUT2D eigenvalue weighted by Gasteiger charge is -2.34. The van der Waals surface area contributed by atoms with Crippen LogP contribution in [0.1, 0.15) is 19.4 Å². The lowest BCUT2D eigenvalue weighted by molar-refractivity contribution is -0.150. The van der Waals surface area contributed by atoms with Crippen LogP contribution in [-0.2, 0) is 25.7 Å². The van der Waals surface area contributed by atoms with Crippen LogP contribution in [0.25, 0.3) is 0 Å². The summed E-state index contributed by atoms with van der Waals surface area (Å²) in [6.07, 6.45) is -5.58. The van der Waals surface area contributed by atoms with E-state index in [1.165, 1.54) is 32.2 Å². The first-order valence-corrected chi connectivity index (χ1v) is 10.8. The Bertz CT molecular complexity index is 1150.